The third-order valence-corrected chi connectivity index (χ3v) is 5.22. The van der Waals surface area contributed by atoms with Crippen molar-refractivity contribution in [1.82, 2.24) is 15.2 Å². The second-order valence-corrected chi connectivity index (χ2v) is 7.84. The zero-order valence-corrected chi connectivity index (χ0v) is 17.6. The van der Waals surface area contributed by atoms with Gasteiger partial charge in [0, 0.05) is 17.6 Å². The van der Waals surface area contributed by atoms with E-state index in [1.54, 1.807) is 18.4 Å². The van der Waals surface area contributed by atoms with Crippen LogP contribution >= 0.6 is 11.6 Å². The molecule has 29 heavy (non-hydrogen) atoms. The number of halogens is 1. The summed E-state index contributed by atoms with van der Waals surface area (Å²) in [6.07, 6.45) is 2.97. The Morgan fingerprint density at radius 1 is 1.14 bits per heavy atom. The molecular weight excluding hydrogens is 390 g/mol. The molecular formula is C22H26ClN3O3. The fourth-order valence-electron chi connectivity index (χ4n) is 2.92. The fraction of sp³-hybridized carbons (Fsp3) is 0.364. The van der Waals surface area contributed by atoms with Crippen LogP contribution in [0.25, 0.3) is 0 Å². The van der Waals surface area contributed by atoms with Gasteiger partial charge in [0.1, 0.15) is 12.0 Å². The van der Waals surface area contributed by atoms with Crippen LogP contribution in [0.1, 0.15) is 48.5 Å². The first-order valence-electron chi connectivity index (χ1n) is 9.66. The van der Waals surface area contributed by atoms with E-state index in [2.05, 4.69) is 36.0 Å². The molecule has 0 bridgehead atoms. The van der Waals surface area contributed by atoms with Crippen LogP contribution in [0.5, 0.6) is 0 Å². The molecule has 1 atom stereocenters. The molecule has 1 amide bonds. The molecule has 1 unspecified atom stereocenters. The number of furan rings is 1. The maximum absolute atomic E-state index is 12.3. The lowest BCUT2D eigenvalue weighted by Gasteiger charge is -2.30. The number of oxazole rings is 1. The van der Waals surface area contributed by atoms with Gasteiger partial charge in [0.2, 0.25) is 5.89 Å². The van der Waals surface area contributed by atoms with Crippen molar-refractivity contribution in [1.29, 1.82) is 0 Å². The molecule has 0 saturated heterocycles. The number of nitrogens with one attached hydrogen (secondary N) is 1. The molecule has 0 aliphatic heterocycles. The second kappa shape index (κ2) is 9.76. The normalized spacial score (nSPS) is 12.5. The van der Waals surface area contributed by atoms with Gasteiger partial charge in [-0.2, -0.15) is 0 Å². The highest BCUT2D eigenvalue weighted by atomic mass is 35.5. The molecule has 0 aliphatic carbocycles. The Balaban J connectivity index is 1.65. The Morgan fingerprint density at radius 2 is 1.90 bits per heavy atom. The lowest BCUT2D eigenvalue weighted by molar-refractivity contribution is 0.0942. The summed E-state index contributed by atoms with van der Waals surface area (Å²) in [7, 11) is 0. The van der Waals surface area contributed by atoms with E-state index in [0.717, 1.165) is 17.1 Å². The number of aromatic nitrogens is 1. The van der Waals surface area contributed by atoms with Gasteiger partial charge in [0.25, 0.3) is 5.91 Å². The summed E-state index contributed by atoms with van der Waals surface area (Å²) in [4.78, 5) is 19.0. The van der Waals surface area contributed by atoms with Gasteiger partial charge >= 0.3 is 0 Å². The lowest BCUT2D eigenvalue weighted by atomic mass is 10.0. The van der Waals surface area contributed by atoms with Gasteiger partial charge in [-0.15, -0.1) is 0 Å². The number of amides is 1. The summed E-state index contributed by atoms with van der Waals surface area (Å²) in [5.74, 6) is 1.35. The van der Waals surface area contributed by atoms with Crippen LogP contribution < -0.4 is 5.32 Å². The van der Waals surface area contributed by atoms with Gasteiger partial charge in [-0.05, 0) is 42.7 Å². The monoisotopic (exact) mass is 415 g/mol. The SMILES string of the molecule is CC(C)C(C)N(Cc1ccc(Cl)cc1)Cc1nc(C(=O)NCc2ccco2)co1. The molecule has 0 radical (unpaired) electrons. The molecule has 0 saturated carbocycles. The van der Waals surface area contributed by atoms with Crippen LogP contribution in [0.15, 0.2) is 57.8 Å². The molecule has 0 fully saturated rings. The zero-order valence-electron chi connectivity index (χ0n) is 16.9. The fourth-order valence-corrected chi connectivity index (χ4v) is 3.05. The van der Waals surface area contributed by atoms with Gasteiger partial charge in [0.05, 0.1) is 19.4 Å². The van der Waals surface area contributed by atoms with Gasteiger partial charge in [-0.25, -0.2) is 4.98 Å². The summed E-state index contributed by atoms with van der Waals surface area (Å²) in [5, 5.41) is 3.49. The third-order valence-electron chi connectivity index (χ3n) is 4.97. The van der Waals surface area contributed by atoms with Crippen LogP contribution in [-0.4, -0.2) is 21.8 Å². The van der Waals surface area contributed by atoms with E-state index < -0.39 is 0 Å². The topological polar surface area (TPSA) is 71.5 Å². The second-order valence-electron chi connectivity index (χ2n) is 7.40. The number of carbonyl (C=O) groups excluding carboxylic acids is 1. The van der Waals surface area contributed by atoms with Crippen molar-refractivity contribution in [3.8, 4) is 0 Å². The Bertz CT molecular complexity index is 904. The van der Waals surface area contributed by atoms with Gasteiger partial charge in [-0.3, -0.25) is 9.69 Å². The van der Waals surface area contributed by atoms with Crippen molar-refractivity contribution in [2.45, 2.75) is 46.4 Å². The highest BCUT2D eigenvalue weighted by Crippen LogP contribution is 2.19. The van der Waals surface area contributed by atoms with E-state index in [4.69, 9.17) is 20.4 Å². The first-order valence-corrected chi connectivity index (χ1v) is 10.0. The average Bonchev–Trinajstić information content (AvgIpc) is 3.38. The van der Waals surface area contributed by atoms with E-state index in [9.17, 15) is 4.79 Å². The largest absolute Gasteiger partial charge is 0.467 e. The van der Waals surface area contributed by atoms with E-state index >= 15 is 0 Å². The summed E-state index contributed by atoms with van der Waals surface area (Å²) in [6, 6.07) is 11.7. The summed E-state index contributed by atoms with van der Waals surface area (Å²) < 4.78 is 10.8. The molecule has 1 aromatic carbocycles. The van der Waals surface area contributed by atoms with Gasteiger partial charge < -0.3 is 14.2 Å². The quantitative estimate of drug-likeness (QED) is 0.538. The maximum Gasteiger partial charge on any atom is 0.273 e. The Morgan fingerprint density at radius 3 is 2.55 bits per heavy atom. The number of benzene rings is 1. The molecule has 6 nitrogen and oxygen atoms in total. The van der Waals surface area contributed by atoms with Gasteiger partial charge in [0.15, 0.2) is 5.69 Å². The number of hydrogen-bond acceptors (Lipinski definition) is 5. The molecule has 1 N–H and O–H groups in total. The van der Waals surface area contributed by atoms with Crippen molar-refractivity contribution >= 4 is 17.5 Å². The van der Waals surface area contributed by atoms with Crippen molar-refractivity contribution in [3.63, 3.8) is 0 Å². The van der Waals surface area contributed by atoms with Crippen molar-refractivity contribution < 1.29 is 13.6 Å². The van der Waals surface area contributed by atoms with Crippen LogP contribution in [0, 0.1) is 5.92 Å². The van der Waals surface area contributed by atoms with E-state index in [-0.39, 0.29) is 11.6 Å². The molecule has 3 rings (SSSR count). The first kappa shape index (κ1) is 21.1. The van der Waals surface area contributed by atoms with Crippen molar-refractivity contribution in [2.75, 3.05) is 0 Å². The molecule has 0 aliphatic rings. The highest BCUT2D eigenvalue weighted by Gasteiger charge is 2.21. The maximum atomic E-state index is 12.3. The number of hydrogen-bond donors (Lipinski definition) is 1. The molecule has 2 heterocycles. The standard InChI is InChI=1S/C22H26ClN3O3/c1-15(2)16(3)26(12-17-6-8-18(23)9-7-17)13-21-25-20(14-29-21)22(27)24-11-19-5-4-10-28-19/h4-10,14-16H,11-13H2,1-3H3,(H,24,27). The minimum absolute atomic E-state index is 0.259. The third kappa shape index (κ3) is 5.95. The highest BCUT2D eigenvalue weighted by molar-refractivity contribution is 6.30. The van der Waals surface area contributed by atoms with Crippen LogP contribution in [0.4, 0.5) is 0 Å². The summed E-state index contributed by atoms with van der Waals surface area (Å²) >= 11 is 6.00. The smallest absolute Gasteiger partial charge is 0.273 e. The number of carbonyl (C=O) groups is 1. The predicted octanol–water partition coefficient (Wildman–Crippen LogP) is 4.90. The number of rotatable bonds is 9. The Hall–Kier alpha value is -2.57. The van der Waals surface area contributed by atoms with Crippen LogP contribution in [0.3, 0.4) is 0 Å². The van der Waals surface area contributed by atoms with Crippen LogP contribution in [0.2, 0.25) is 5.02 Å². The van der Waals surface area contributed by atoms with Crippen molar-refractivity contribution in [2.24, 2.45) is 5.92 Å². The minimum Gasteiger partial charge on any atom is -0.467 e. The average molecular weight is 416 g/mol. The Labute approximate surface area is 175 Å². The first-order chi connectivity index (χ1) is 13.9. The van der Waals surface area contributed by atoms with Crippen molar-refractivity contribution in [3.05, 3.63) is 76.9 Å². The van der Waals surface area contributed by atoms with Crippen LogP contribution in [-0.2, 0) is 19.6 Å². The summed E-state index contributed by atoms with van der Waals surface area (Å²) in [6.45, 7) is 8.10. The lowest BCUT2D eigenvalue weighted by Crippen LogP contribution is -2.36. The summed E-state index contributed by atoms with van der Waals surface area (Å²) in [5.41, 5.74) is 1.42. The molecule has 0 spiro atoms. The predicted molar refractivity (Wildman–Crippen MR) is 111 cm³/mol. The molecule has 154 valence electrons. The Kier molecular flexibility index (Phi) is 7.12. The molecule has 2 aromatic heterocycles. The minimum atomic E-state index is -0.294. The van der Waals surface area contributed by atoms with Gasteiger partial charge in [-0.1, -0.05) is 37.6 Å². The van der Waals surface area contributed by atoms with E-state index in [1.165, 1.54) is 6.26 Å². The molecule has 7 heteroatoms. The zero-order chi connectivity index (χ0) is 20.8. The molecule has 3 aromatic rings. The van der Waals surface area contributed by atoms with E-state index in [1.807, 2.05) is 24.3 Å². The number of nitrogens with zero attached hydrogens (tertiary/aromatic N) is 2. The van der Waals surface area contributed by atoms with E-state index in [0.29, 0.717) is 36.7 Å².